The number of carbonyl (C=O) groups is 3. The van der Waals surface area contributed by atoms with E-state index in [-0.39, 0.29) is 17.2 Å². The van der Waals surface area contributed by atoms with Gasteiger partial charge in [-0.05, 0) is 42.9 Å². The molecule has 1 fully saturated rings. The molecule has 1 aromatic carbocycles. The molecular weight excluding hydrogens is 434 g/mol. The van der Waals surface area contributed by atoms with Gasteiger partial charge in [0.05, 0.1) is 6.61 Å². The Hall–Kier alpha value is -3.07. The molecule has 2 aromatic rings. The van der Waals surface area contributed by atoms with Gasteiger partial charge in [-0.2, -0.15) is 0 Å². The highest BCUT2D eigenvalue weighted by molar-refractivity contribution is 7.18. The molecule has 1 aromatic heterocycles. The predicted octanol–water partition coefficient (Wildman–Crippen LogP) is 4.69. The van der Waals surface area contributed by atoms with Crippen LogP contribution in [0.2, 0.25) is 0 Å². The van der Waals surface area contributed by atoms with E-state index in [4.69, 9.17) is 14.6 Å². The fourth-order valence-corrected chi connectivity index (χ4v) is 4.90. The normalized spacial score (nSPS) is 14.0. The maximum atomic E-state index is 12.1. The molecule has 0 atom stereocenters. The van der Waals surface area contributed by atoms with Crippen LogP contribution in [0.1, 0.15) is 52.9 Å². The van der Waals surface area contributed by atoms with E-state index in [9.17, 15) is 19.5 Å². The lowest BCUT2D eigenvalue weighted by molar-refractivity contribution is -0.139. The van der Waals surface area contributed by atoms with Gasteiger partial charge in [0.25, 0.3) is 0 Å². The maximum absolute atomic E-state index is 12.1. The van der Waals surface area contributed by atoms with E-state index in [1.807, 2.05) is 24.3 Å². The number of aromatic carboxylic acids is 1. The second-order valence-electron chi connectivity index (χ2n) is 7.86. The molecule has 8 nitrogen and oxygen atoms in total. The van der Waals surface area contributed by atoms with Crippen LogP contribution in [0.15, 0.2) is 24.3 Å². The van der Waals surface area contributed by atoms with Crippen molar-refractivity contribution in [3.63, 3.8) is 0 Å². The van der Waals surface area contributed by atoms with Crippen molar-refractivity contribution in [2.75, 3.05) is 13.2 Å². The highest BCUT2D eigenvalue weighted by atomic mass is 32.1. The van der Waals surface area contributed by atoms with Crippen molar-refractivity contribution < 1.29 is 34.1 Å². The third kappa shape index (κ3) is 6.23. The molecule has 1 heterocycles. The Morgan fingerprint density at radius 2 is 1.91 bits per heavy atom. The lowest BCUT2D eigenvalue weighted by Gasteiger charge is -2.21. The third-order valence-electron chi connectivity index (χ3n) is 5.43. The summed E-state index contributed by atoms with van der Waals surface area (Å²) in [5.74, 6) is -1.85. The van der Waals surface area contributed by atoms with Crippen LogP contribution >= 0.6 is 11.3 Å². The predicted molar refractivity (Wildman–Crippen MR) is 119 cm³/mol. The number of benzene rings is 1. The SMILES string of the molecule is Cc1c(-c2cccc(CNC(=O)OCC3CCCCC3)c2)sc(C(=O)O)c1OCC(=O)O. The molecule has 1 aliphatic rings. The zero-order valence-corrected chi connectivity index (χ0v) is 18.7. The molecule has 32 heavy (non-hydrogen) atoms. The van der Waals surface area contributed by atoms with Crippen molar-refractivity contribution in [1.29, 1.82) is 0 Å². The minimum atomic E-state index is -1.18. The van der Waals surface area contributed by atoms with Crippen LogP contribution in [0.4, 0.5) is 4.79 Å². The average Bonchev–Trinajstić information content (AvgIpc) is 3.12. The zero-order valence-electron chi connectivity index (χ0n) is 17.9. The smallest absolute Gasteiger partial charge is 0.407 e. The average molecular weight is 462 g/mol. The summed E-state index contributed by atoms with van der Waals surface area (Å²) in [6.45, 7) is 1.79. The summed E-state index contributed by atoms with van der Waals surface area (Å²) in [7, 11) is 0. The van der Waals surface area contributed by atoms with Crippen molar-refractivity contribution in [3.05, 3.63) is 40.3 Å². The standard InChI is InChI=1S/C23H27NO7S/c1-14-19(30-13-18(25)26)21(22(27)28)32-20(14)17-9-5-8-16(10-17)11-24-23(29)31-12-15-6-3-2-4-7-15/h5,8-10,15H,2-4,6-7,11-13H2,1H3,(H,24,29)(H,25,26)(H,27,28). The number of hydrogen-bond donors (Lipinski definition) is 3. The number of rotatable bonds is 9. The molecule has 0 bridgehead atoms. The van der Waals surface area contributed by atoms with Gasteiger partial charge in [0, 0.05) is 17.0 Å². The number of carbonyl (C=O) groups excluding carboxylic acids is 1. The van der Waals surface area contributed by atoms with E-state index in [1.165, 1.54) is 19.3 Å². The van der Waals surface area contributed by atoms with Crippen molar-refractivity contribution in [2.45, 2.75) is 45.6 Å². The first-order valence-corrected chi connectivity index (χ1v) is 11.4. The van der Waals surface area contributed by atoms with Crippen LogP contribution in [0, 0.1) is 12.8 Å². The number of carboxylic acids is 2. The second kappa shape index (κ2) is 11.0. The second-order valence-corrected chi connectivity index (χ2v) is 8.88. The van der Waals surface area contributed by atoms with E-state index in [1.54, 1.807) is 6.92 Å². The van der Waals surface area contributed by atoms with Crippen LogP contribution in [-0.4, -0.2) is 41.5 Å². The van der Waals surface area contributed by atoms with Gasteiger partial charge in [-0.3, -0.25) is 0 Å². The van der Waals surface area contributed by atoms with E-state index >= 15 is 0 Å². The van der Waals surface area contributed by atoms with Gasteiger partial charge in [-0.25, -0.2) is 14.4 Å². The molecule has 0 aliphatic heterocycles. The number of carboxylic acid groups (broad SMARTS) is 2. The Kier molecular flexibility index (Phi) is 8.10. The third-order valence-corrected chi connectivity index (χ3v) is 6.74. The molecule has 0 spiro atoms. The zero-order chi connectivity index (χ0) is 23.1. The van der Waals surface area contributed by atoms with Crippen LogP contribution in [-0.2, 0) is 16.1 Å². The molecule has 3 N–H and O–H groups in total. The lowest BCUT2D eigenvalue weighted by atomic mass is 9.90. The number of nitrogens with one attached hydrogen (secondary N) is 1. The van der Waals surface area contributed by atoms with Gasteiger partial charge >= 0.3 is 18.0 Å². The Morgan fingerprint density at radius 3 is 2.59 bits per heavy atom. The maximum Gasteiger partial charge on any atom is 0.407 e. The Morgan fingerprint density at radius 1 is 1.16 bits per heavy atom. The number of ether oxygens (including phenoxy) is 2. The fourth-order valence-electron chi connectivity index (χ4n) is 3.82. The largest absolute Gasteiger partial charge is 0.480 e. The molecule has 0 radical (unpaired) electrons. The van der Waals surface area contributed by atoms with Gasteiger partial charge in [0.1, 0.15) is 5.75 Å². The minimum Gasteiger partial charge on any atom is -0.480 e. The van der Waals surface area contributed by atoms with E-state index in [2.05, 4.69) is 5.32 Å². The van der Waals surface area contributed by atoms with Crippen molar-refractivity contribution in [1.82, 2.24) is 5.32 Å². The summed E-state index contributed by atoms with van der Waals surface area (Å²) in [4.78, 5) is 35.1. The summed E-state index contributed by atoms with van der Waals surface area (Å²) in [5.41, 5.74) is 2.15. The first-order chi connectivity index (χ1) is 15.3. The molecular formula is C23H27NO7S. The van der Waals surface area contributed by atoms with E-state index in [0.717, 1.165) is 35.3 Å². The van der Waals surface area contributed by atoms with Gasteiger partial charge in [-0.1, -0.05) is 37.5 Å². The summed E-state index contributed by atoms with van der Waals surface area (Å²) < 4.78 is 10.6. The topological polar surface area (TPSA) is 122 Å². The monoisotopic (exact) mass is 461 g/mol. The summed E-state index contributed by atoms with van der Waals surface area (Å²) in [5, 5.41) is 21.1. The molecule has 0 unspecified atom stereocenters. The quantitative estimate of drug-likeness (QED) is 0.495. The van der Waals surface area contributed by atoms with Crippen molar-refractivity contribution in [3.8, 4) is 16.2 Å². The van der Waals surface area contributed by atoms with Gasteiger partial charge in [0.2, 0.25) is 0 Å². The number of thiophene rings is 1. The van der Waals surface area contributed by atoms with Crippen LogP contribution in [0.3, 0.4) is 0 Å². The van der Waals surface area contributed by atoms with Crippen molar-refractivity contribution in [2.24, 2.45) is 5.92 Å². The lowest BCUT2D eigenvalue weighted by Crippen LogP contribution is -2.26. The highest BCUT2D eigenvalue weighted by Crippen LogP contribution is 2.41. The van der Waals surface area contributed by atoms with Crippen molar-refractivity contribution >= 4 is 29.4 Å². The molecule has 1 amide bonds. The molecule has 0 saturated heterocycles. The summed E-state index contributed by atoms with van der Waals surface area (Å²) in [6.07, 6.45) is 5.39. The van der Waals surface area contributed by atoms with E-state index < -0.39 is 24.6 Å². The van der Waals surface area contributed by atoms with Crippen LogP contribution in [0.5, 0.6) is 5.75 Å². The fraction of sp³-hybridized carbons (Fsp3) is 0.435. The number of amides is 1. The van der Waals surface area contributed by atoms with E-state index in [0.29, 0.717) is 23.0 Å². The number of alkyl carbamates (subject to hydrolysis) is 1. The molecule has 1 saturated carbocycles. The number of aliphatic carboxylic acids is 1. The van der Waals surface area contributed by atoms with Crippen LogP contribution in [0.25, 0.3) is 10.4 Å². The first kappa shape index (κ1) is 23.6. The molecule has 3 rings (SSSR count). The molecule has 9 heteroatoms. The molecule has 172 valence electrons. The Bertz CT molecular complexity index is 979. The van der Waals surface area contributed by atoms with Gasteiger partial charge < -0.3 is 25.0 Å². The number of hydrogen-bond acceptors (Lipinski definition) is 6. The summed E-state index contributed by atoms with van der Waals surface area (Å²) in [6, 6.07) is 7.36. The highest BCUT2D eigenvalue weighted by Gasteiger charge is 2.23. The van der Waals surface area contributed by atoms with Gasteiger partial charge in [-0.15, -0.1) is 11.3 Å². The Labute approximate surface area is 190 Å². The minimum absolute atomic E-state index is 0.0476. The van der Waals surface area contributed by atoms with Crippen LogP contribution < -0.4 is 10.1 Å². The van der Waals surface area contributed by atoms with Gasteiger partial charge in [0.15, 0.2) is 11.5 Å². The first-order valence-electron chi connectivity index (χ1n) is 10.6. The Balaban J connectivity index is 1.66. The summed E-state index contributed by atoms with van der Waals surface area (Å²) >= 11 is 1.03. The molecule has 1 aliphatic carbocycles.